The standard InChI is InChI=1S/C4H8O5Si/c1-2(5)3(6)9-10-4(7)8/h2,4-5,7-8H,1H3. The van der Waals surface area contributed by atoms with Crippen LogP contribution in [0.25, 0.3) is 0 Å². The van der Waals surface area contributed by atoms with Crippen LogP contribution >= 0.6 is 0 Å². The summed E-state index contributed by atoms with van der Waals surface area (Å²) >= 11 is 0. The summed E-state index contributed by atoms with van der Waals surface area (Å²) in [6.45, 7) is 1.23. The van der Waals surface area contributed by atoms with Crippen LogP contribution in [-0.2, 0) is 9.22 Å². The van der Waals surface area contributed by atoms with Crippen LogP contribution in [0.3, 0.4) is 0 Å². The number of aliphatic hydroxyl groups excluding tert-OH is 2. The third-order valence-corrected chi connectivity index (χ3v) is 1.14. The van der Waals surface area contributed by atoms with Gasteiger partial charge in [-0.1, -0.05) is 0 Å². The maximum Gasteiger partial charge on any atom is 0.379 e. The zero-order valence-corrected chi connectivity index (χ0v) is 6.31. The summed E-state index contributed by atoms with van der Waals surface area (Å²) in [5.41, 5.74) is 0. The highest BCUT2D eigenvalue weighted by Gasteiger charge is 2.12. The second kappa shape index (κ2) is 4.39. The van der Waals surface area contributed by atoms with Crippen molar-refractivity contribution in [3.05, 3.63) is 0 Å². The van der Waals surface area contributed by atoms with Gasteiger partial charge in [0.15, 0.2) is 5.91 Å². The zero-order valence-electron chi connectivity index (χ0n) is 5.31. The Morgan fingerprint density at radius 3 is 2.30 bits per heavy atom. The van der Waals surface area contributed by atoms with Gasteiger partial charge in [0, 0.05) is 0 Å². The van der Waals surface area contributed by atoms with E-state index in [9.17, 15) is 4.79 Å². The van der Waals surface area contributed by atoms with Crippen molar-refractivity contribution >= 4 is 15.7 Å². The molecule has 0 aromatic carbocycles. The molecule has 58 valence electrons. The molecular formula is C4H8O5Si. The van der Waals surface area contributed by atoms with Crippen LogP contribution in [0.1, 0.15) is 6.92 Å². The van der Waals surface area contributed by atoms with Crippen molar-refractivity contribution in [2.24, 2.45) is 0 Å². The minimum absolute atomic E-state index is 0.737. The van der Waals surface area contributed by atoms with E-state index in [1.807, 2.05) is 0 Å². The van der Waals surface area contributed by atoms with Crippen LogP contribution in [-0.4, -0.2) is 43.1 Å². The monoisotopic (exact) mass is 164 g/mol. The molecule has 3 N–H and O–H groups in total. The Hall–Kier alpha value is -0.433. The minimum atomic E-state index is -1.65. The number of hydrogen-bond donors (Lipinski definition) is 3. The van der Waals surface area contributed by atoms with Gasteiger partial charge in [-0.15, -0.1) is 0 Å². The van der Waals surface area contributed by atoms with Crippen LogP contribution in [0, 0.1) is 0 Å². The van der Waals surface area contributed by atoms with Gasteiger partial charge in [0.2, 0.25) is 0 Å². The molecule has 1 unspecified atom stereocenters. The summed E-state index contributed by atoms with van der Waals surface area (Å²) in [6, 6.07) is 0. The van der Waals surface area contributed by atoms with Gasteiger partial charge < -0.3 is 19.7 Å². The first kappa shape index (κ1) is 9.57. The fourth-order valence-electron chi connectivity index (χ4n) is 0.196. The molecule has 0 aromatic heterocycles. The summed E-state index contributed by atoms with van der Waals surface area (Å²) in [7, 11) is -0.737. The van der Waals surface area contributed by atoms with Crippen molar-refractivity contribution in [1.29, 1.82) is 0 Å². The Kier molecular flexibility index (Phi) is 4.20. The highest BCUT2D eigenvalue weighted by Crippen LogP contribution is 1.85. The van der Waals surface area contributed by atoms with E-state index in [1.54, 1.807) is 0 Å². The predicted octanol–water partition coefficient (Wildman–Crippen LogP) is -2.20. The topological polar surface area (TPSA) is 87.0 Å². The van der Waals surface area contributed by atoms with E-state index in [1.165, 1.54) is 6.92 Å². The number of carbonyl (C=O) groups excluding carboxylic acids is 1. The Morgan fingerprint density at radius 2 is 2.00 bits per heavy atom. The molecule has 0 aliphatic heterocycles. The summed E-state index contributed by atoms with van der Waals surface area (Å²) in [6.07, 6.45) is -1.22. The number of hydrogen-bond acceptors (Lipinski definition) is 5. The quantitative estimate of drug-likeness (QED) is 0.325. The van der Waals surface area contributed by atoms with Crippen molar-refractivity contribution in [3.63, 3.8) is 0 Å². The average molecular weight is 164 g/mol. The van der Waals surface area contributed by atoms with Gasteiger partial charge >= 0.3 is 15.7 Å². The van der Waals surface area contributed by atoms with E-state index in [2.05, 4.69) is 4.43 Å². The SMILES string of the molecule is CC(O)C(=O)O[Si]C(O)O. The molecule has 0 saturated carbocycles. The van der Waals surface area contributed by atoms with E-state index in [-0.39, 0.29) is 0 Å². The van der Waals surface area contributed by atoms with E-state index < -0.39 is 27.7 Å². The molecule has 10 heavy (non-hydrogen) atoms. The smallest absolute Gasteiger partial charge is 0.379 e. The lowest BCUT2D eigenvalue weighted by atomic mass is 10.4. The fraction of sp³-hybridized carbons (Fsp3) is 0.750. The number of rotatable bonds is 3. The van der Waals surface area contributed by atoms with E-state index in [0.29, 0.717) is 0 Å². The molecule has 2 radical (unpaired) electrons. The van der Waals surface area contributed by atoms with Gasteiger partial charge in [0.05, 0.1) is 0 Å². The Labute approximate surface area is 60.2 Å². The molecule has 0 saturated heterocycles. The Bertz CT molecular complexity index is 112. The molecule has 0 aromatic rings. The first-order chi connectivity index (χ1) is 4.54. The molecule has 5 nitrogen and oxygen atoms in total. The van der Waals surface area contributed by atoms with Gasteiger partial charge in [-0.25, -0.2) is 0 Å². The zero-order chi connectivity index (χ0) is 8.15. The second-order valence-electron chi connectivity index (χ2n) is 1.59. The Balaban J connectivity index is 3.40. The highest BCUT2D eigenvalue weighted by molar-refractivity contribution is 6.31. The Morgan fingerprint density at radius 1 is 1.50 bits per heavy atom. The molecule has 6 heteroatoms. The fourth-order valence-corrected chi connectivity index (χ4v) is 0.588. The highest BCUT2D eigenvalue weighted by atomic mass is 28.2. The van der Waals surface area contributed by atoms with Crippen molar-refractivity contribution < 1.29 is 24.5 Å². The molecule has 0 spiro atoms. The van der Waals surface area contributed by atoms with Crippen LogP contribution < -0.4 is 0 Å². The maximum absolute atomic E-state index is 10.4. The lowest BCUT2D eigenvalue weighted by Gasteiger charge is -2.04. The molecule has 1 atom stereocenters. The third-order valence-electron chi connectivity index (χ3n) is 0.606. The largest absolute Gasteiger partial charge is 0.509 e. The van der Waals surface area contributed by atoms with E-state index >= 15 is 0 Å². The van der Waals surface area contributed by atoms with Gasteiger partial charge in [-0.05, 0) is 6.92 Å². The van der Waals surface area contributed by atoms with Crippen LogP contribution in [0.15, 0.2) is 0 Å². The maximum atomic E-state index is 10.4. The molecule has 0 amide bonds. The second-order valence-corrected chi connectivity index (χ2v) is 2.54. The van der Waals surface area contributed by atoms with Crippen molar-refractivity contribution in [2.75, 3.05) is 0 Å². The van der Waals surface area contributed by atoms with E-state index in [4.69, 9.17) is 15.3 Å². The lowest BCUT2D eigenvalue weighted by Crippen LogP contribution is -2.27. The van der Waals surface area contributed by atoms with E-state index in [0.717, 1.165) is 0 Å². The molecule has 0 aliphatic carbocycles. The van der Waals surface area contributed by atoms with Gasteiger partial charge in [0.1, 0.15) is 6.10 Å². The first-order valence-corrected chi connectivity index (χ1v) is 3.53. The predicted molar refractivity (Wildman–Crippen MR) is 31.8 cm³/mol. The number of carbonyl (C=O) groups is 1. The average Bonchev–Trinajstić information content (AvgIpc) is 1.82. The molecule has 0 rings (SSSR count). The number of aliphatic hydroxyl groups is 3. The van der Waals surface area contributed by atoms with Gasteiger partial charge in [-0.2, -0.15) is 0 Å². The summed E-state index contributed by atoms with van der Waals surface area (Å²) in [5, 5.41) is 24.9. The summed E-state index contributed by atoms with van der Waals surface area (Å²) < 4.78 is 4.20. The van der Waals surface area contributed by atoms with Crippen LogP contribution in [0.5, 0.6) is 0 Å². The van der Waals surface area contributed by atoms with Crippen LogP contribution in [0.2, 0.25) is 0 Å². The molecule has 0 heterocycles. The first-order valence-electron chi connectivity index (χ1n) is 2.54. The summed E-state index contributed by atoms with van der Waals surface area (Å²) in [4.78, 5) is 10.4. The molecule has 0 fully saturated rings. The molecule has 0 bridgehead atoms. The van der Waals surface area contributed by atoms with Crippen molar-refractivity contribution in [3.8, 4) is 0 Å². The van der Waals surface area contributed by atoms with Crippen LogP contribution in [0.4, 0.5) is 0 Å². The normalized spacial score (nSPS) is 13.3. The van der Waals surface area contributed by atoms with Crippen molar-refractivity contribution in [1.82, 2.24) is 0 Å². The summed E-state index contributed by atoms with van der Waals surface area (Å²) in [5.74, 6) is -2.51. The van der Waals surface area contributed by atoms with Gasteiger partial charge in [0.25, 0.3) is 0 Å². The van der Waals surface area contributed by atoms with Gasteiger partial charge in [-0.3, -0.25) is 4.79 Å². The lowest BCUT2D eigenvalue weighted by molar-refractivity contribution is -0.143. The van der Waals surface area contributed by atoms with Crippen molar-refractivity contribution in [2.45, 2.75) is 18.9 Å². The molecule has 0 aliphatic rings. The molecular weight excluding hydrogens is 156 g/mol. The third kappa shape index (κ3) is 4.45. The minimum Gasteiger partial charge on any atom is -0.509 e.